The maximum absolute atomic E-state index is 12.7. The van der Waals surface area contributed by atoms with Gasteiger partial charge in [-0.1, -0.05) is 12.2 Å². The molecule has 146 valence electrons. The molecule has 1 saturated carbocycles. The maximum Gasteiger partial charge on any atom is 0.270 e. The Morgan fingerprint density at radius 1 is 1.18 bits per heavy atom. The summed E-state index contributed by atoms with van der Waals surface area (Å²) in [6.45, 7) is 5.56. The number of hydrazone groups is 1. The zero-order chi connectivity index (χ0) is 20.2. The van der Waals surface area contributed by atoms with Crippen molar-refractivity contribution < 1.29 is 19.2 Å². The van der Waals surface area contributed by atoms with E-state index in [2.05, 4.69) is 5.10 Å². The molecule has 3 aliphatic rings. The number of nitro benzene ring substituents is 1. The van der Waals surface area contributed by atoms with Gasteiger partial charge in [-0.2, -0.15) is 10.1 Å². The topological polar surface area (TPSA) is 102 Å². The minimum absolute atomic E-state index is 0.101. The van der Waals surface area contributed by atoms with E-state index in [4.69, 9.17) is 4.74 Å². The quantitative estimate of drug-likeness (QED) is 0.261. The normalized spacial score (nSPS) is 28.5. The second-order valence-electron chi connectivity index (χ2n) is 8.43. The van der Waals surface area contributed by atoms with Crippen molar-refractivity contribution in [3.8, 4) is 5.75 Å². The number of imide groups is 1. The molecule has 8 heteroatoms. The Labute approximate surface area is 162 Å². The summed E-state index contributed by atoms with van der Waals surface area (Å²) in [5, 5.41) is 16.1. The van der Waals surface area contributed by atoms with Gasteiger partial charge in [0, 0.05) is 17.7 Å². The van der Waals surface area contributed by atoms with Crippen molar-refractivity contribution in [2.45, 2.75) is 32.8 Å². The van der Waals surface area contributed by atoms with E-state index >= 15 is 0 Å². The van der Waals surface area contributed by atoms with Crippen molar-refractivity contribution in [2.24, 2.45) is 28.8 Å². The van der Waals surface area contributed by atoms with Gasteiger partial charge in [0.2, 0.25) is 0 Å². The third kappa shape index (κ3) is 2.98. The smallest absolute Gasteiger partial charge is 0.270 e. The number of benzene rings is 1. The molecule has 1 aromatic carbocycles. The average molecular weight is 383 g/mol. The molecule has 0 aromatic heterocycles. The van der Waals surface area contributed by atoms with Crippen LogP contribution < -0.4 is 4.74 Å². The molecule has 1 heterocycles. The van der Waals surface area contributed by atoms with Gasteiger partial charge in [-0.05, 0) is 45.1 Å². The molecular weight excluding hydrogens is 362 g/mol. The number of nitro groups is 1. The highest BCUT2D eigenvalue weighted by atomic mass is 16.6. The summed E-state index contributed by atoms with van der Waals surface area (Å²) in [4.78, 5) is 36.0. The number of carbonyl (C=O) groups excluding carboxylic acids is 2. The number of ether oxygens (including phenoxy) is 1. The van der Waals surface area contributed by atoms with E-state index in [1.165, 1.54) is 24.4 Å². The lowest BCUT2D eigenvalue weighted by Crippen LogP contribution is -2.28. The summed E-state index contributed by atoms with van der Waals surface area (Å²) in [7, 11) is 0. The molecule has 28 heavy (non-hydrogen) atoms. The average Bonchev–Trinajstić information content (AvgIpc) is 3.27. The van der Waals surface area contributed by atoms with Crippen LogP contribution in [0.1, 0.15) is 32.8 Å². The van der Waals surface area contributed by atoms with Crippen molar-refractivity contribution in [3.63, 3.8) is 0 Å². The Morgan fingerprint density at radius 2 is 1.79 bits per heavy atom. The van der Waals surface area contributed by atoms with Crippen LogP contribution >= 0.6 is 0 Å². The predicted octanol–water partition coefficient (Wildman–Crippen LogP) is 2.91. The summed E-state index contributed by atoms with van der Waals surface area (Å²) in [6, 6.07) is 4.16. The molecule has 0 radical (unpaired) electrons. The van der Waals surface area contributed by atoms with Crippen molar-refractivity contribution in [1.29, 1.82) is 0 Å². The molecule has 0 N–H and O–H groups in total. The molecule has 8 nitrogen and oxygen atoms in total. The van der Waals surface area contributed by atoms with Crippen LogP contribution in [0.4, 0.5) is 5.69 Å². The zero-order valence-electron chi connectivity index (χ0n) is 15.9. The van der Waals surface area contributed by atoms with Crippen LogP contribution in [-0.2, 0) is 9.59 Å². The van der Waals surface area contributed by atoms with E-state index in [1.807, 2.05) is 32.9 Å². The van der Waals surface area contributed by atoms with Gasteiger partial charge in [0.15, 0.2) is 0 Å². The lowest BCUT2D eigenvalue weighted by molar-refractivity contribution is -0.384. The van der Waals surface area contributed by atoms with Gasteiger partial charge < -0.3 is 4.74 Å². The van der Waals surface area contributed by atoms with Crippen molar-refractivity contribution in [2.75, 3.05) is 0 Å². The van der Waals surface area contributed by atoms with E-state index in [0.717, 1.165) is 11.4 Å². The Balaban J connectivity index is 1.64. The van der Waals surface area contributed by atoms with E-state index in [-0.39, 0.29) is 41.2 Å². The summed E-state index contributed by atoms with van der Waals surface area (Å²) >= 11 is 0. The number of fused-ring (bicyclic) bond motifs is 5. The number of carbonyl (C=O) groups is 2. The fraction of sp³-hybridized carbons (Fsp3) is 0.450. The third-order valence-electron chi connectivity index (χ3n) is 5.38. The monoisotopic (exact) mass is 383 g/mol. The molecule has 0 spiro atoms. The van der Waals surface area contributed by atoms with E-state index < -0.39 is 10.5 Å². The van der Waals surface area contributed by atoms with Crippen LogP contribution in [0.15, 0.2) is 35.5 Å². The minimum Gasteiger partial charge on any atom is -0.487 e. The zero-order valence-corrected chi connectivity index (χ0v) is 15.9. The Morgan fingerprint density at radius 3 is 2.32 bits per heavy atom. The van der Waals surface area contributed by atoms with E-state index in [9.17, 15) is 19.7 Å². The van der Waals surface area contributed by atoms with Gasteiger partial charge in [-0.3, -0.25) is 19.7 Å². The minimum atomic E-state index is -0.528. The first-order valence-corrected chi connectivity index (χ1v) is 9.23. The third-order valence-corrected chi connectivity index (χ3v) is 5.38. The van der Waals surface area contributed by atoms with Gasteiger partial charge in [-0.15, -0.1) is 0 Å². The van der Waals surface area contributed by atoms with Crippen LogP contribution in [0.25, 0.3) is 0 Å². The van der Waals surface area contributed by atoms with E-state index in [1.54, 1.807) is 0 Å². The summed E-state index contributed by atoms with van der Waals surface area (Å²) < 4.78 is 5.84. The SMILES string of the molecule is CC(C)(C)Oc1ccc([N+](=O)[O-])cc1C=NN1C(=O)C2C3C=CC(C3)C2C1=O. The first kappa shape index (κ1) is 18.3. The first-order chi connectivity index (χ1) is 13.2. The van der Waals surface area contributed by atoms with Crippen molar-refractivity contribution in [1.82, 2.24) is 5.01 Å². The molecule has 1 aromatic rings. The molecule has 1 saturated heterocycles. The lowest BCUT2D eigenvalue weighted by atomic mass is 9.85. The van der Waals surface area contributed by atoms with Gasteiger partial charge in [0.25, 0.3) is 17.5 Å². The lowest BCUT2D eigenvalue weighted by Gasteiger charge is -2.22. The van der Waals surface area contributed by atoms with Crippen molar-refractivity contribution >= 4 is 23.7 Å². The predicted molar refractivity (Wildman–Crippen MR) is 101 cm³/mol. The van der Waals surface area contributed by atoms with Gasteiger partial charge in [0.05, 0.1) is 23.0 Å². The fourth-order valence-corrected chi connectivity index (χ4v) is 4.29. The highest BCUT2D eigenvalue weighted by Gasteiger charge is 2.59. The van der Waals surface area contributed by atoms with Crippen molar-refractivity contribution in [3.05, 3.63) is 46.0 Å². The van der Waals surface area contributed by atoms with Gasteiger partial charge >= 0.3 is 0 Å². The molecule has 2 aliphatic carbocycles. The van der Waals surface area contributed by atoms with Crippen LogP contribution in [0, 0.1) is 33.8 Å². The number of allylic oxidation sites excluding steroid dienone is 2. The number of amides is 2. The maximum atomic E-state index is 12.7. The Kier molecular flexibility index (Phi) is 4.10. The molecule has 4 atom stereocenters. The highest BCUT2D eigenvalue weighted by molar-refractivity contribution is 6.07. The summed E-state index contributed by atoms with van der Waals surface area (Å²) in [6.07, 6.45) is 6.17. The highest BCUT2D eigenvalue weighted by Crippen LogP contribution is 2.52. The van der Waals surface area contributed by atoms with Crippen LogP contribution in [0.5, 0.6) is 5.75 Å². The number of nitrogens with zero attached hydrogens (tertiary/aromatic N) is 3. The molecular formula is C20H21N3O5. The largest absolute Gasteiger partial charge is 0.487 e. The second-order valence-corrected chi connectivity index (χ2v) is 8.43. The Hall–Kier alpha value is -3.03. The molecule has 4 unspecified atom stereocenters. The molecule has 2 amide bonds. The first-order valence-electron chi connectivity index (χ1n) is 9.23. The van der Waals surface area contributed by atoms with Crippen LogP contribution in [0.3, 0.4) is 0 Å². The van der Waals surface area contributed by atoms with Gasteiger partial charge in [0.1, 0.15) is 11.4 Å². The molecule has 4 rings (SSSR count). The summed E-state index contributed by atoms with van der Waals surface area (Å²) in [5.41, 5.74) is -0.316. The molecule has 2 bridgehead atoms. The van der Waals surface area contributed by atoms with Crippen LogP contribution in [0.2, 0.25) is 0 Å². The Bertz CT molecular complexity index is 900. The molecule has 1 aliphatic heterocycles. The standard InChI is InChI=1S/C20H21N3O5/c1-20(2,3)28-15-7-6-14(23(26)27)9-13(15)10-21-22-18(24)16-11-4-5-12(8-11)17(16)19(22)25/h4-7,9-12,16-17H,8H2,1-3H3. The van der Waals surface area contributed by atoms with Crippen LogP contribution in [-0.4, -0.2) is 33.6 Å². The molecule has 2 fully saturated rings. The number of hydrogen-bond donors (Lipinski definition) is 0. The number of rotatable bonds is 4. The number of hydrogen-bond acceptors (Lipinski definition) is 6. The number of non-ortho nitro benzene ring substituents is 1. The van der Waals surface area contributed by atoms with E-state index in [0.29, 0.717) is 11.3 Å². The fourth-order valence-electron chi connectivity index (χ4n) is 4.29. The second kappa shape index (κ2) is 6.25. The summed E-state index contributed by atoms with van der Waals surface area (Å²) in [5.74, 6) is -0.680. The van der Waals surface area contributed by atoms with Gasteiger partial charge in [-0.25, -0.2) is 0 Å².